The van der Waals surface area contributed by atoms with Gasteiger partial charge in [-0.1, -0.05) is 32.1 Å². The number of rotatable bonds is 8. The van der Waals surface area contributed by atoms with Gasteiger partial charge >= 0.3 is 0 Å². The number of nitrogens with zero attached hydrogens (tertiary/aromatic N) is 2. The maximum Gasteiger partial charge on any atom is 0.243 e. The van der Waals surface area contributed by atoms with E-state index in [-0.39, 0.29) is 36.4 Å². The smallest absolute Gasteiger partial charge is 0.243 e. The van der Waals surface area contributed by atoms with Gasteiger partial charge in [0.25, 0.3) is 0 Å². The molecule has 1 aliphatic carbocycles. The van der Waals surface area contributed by atoms with Crippen molar-refractivity contribution in [1.29, 1.82) is 0 Å². The molecule has 1 unspecified atom stereocenters. The quantitative estimate of drug-likeness (QED) is 0.243. The third-order valence-corrected chi connectivity index (χ3v) is 5.26. The Hall–Kier alpha value is -0.570. The molecule has 2 aliphatic rings. The molecule has 6 nitrogen and oxygen atoms in total. The van der Waals surface area contributed by atoms with Gasteiger partial charge in [-0.3, -0.25) is 4.79 Å². The van der Waals surface area contributed by atoms with Gasteiger partial charge in [0, 0.05) is 39.7 Å². The number of likely N-dealkylation sites (N-methyl/N-ethyl adjacent to an activating group) is 1. The molecule has 7 heteroatoms. The summed E-state index contributed by atoms with van der Waals surface area (Å²) in [5.41, 5.74) is 0. The fourth-order valence-electron chi connectivity index (χ4n) is 3.52. The summed E-state index contributed by atoms with van der Waals surface area (Å²) in [7, 11) is 3.52. The first-order chi connectivity index (χ1) is 12.1. The number of nitrogens with one attached hydrogen (secondary N) is 2. The molecule has 0 spiro atoms. The minimum Gasteiger partial charge on any atom is -0.381 e. The minimum atomic E-state index is 0. The van der Waals surface area contributed by atoms with Crippen LogP contribution in [0.2, 0.25) is 0 Å². The van der Waals surface area contributed by atoms with Crippen LogP contribution in [0.1, 0.15) is 51.4 Å². The second-order valence-electron chi connectivity index (χ2n) is 7.64. The van der Waals surface area contributed by atoms with Crippen LogP contribution in [-0.4, -0.2) is 63.7 Å². The second-order valence-corrected chi connectivity index (χ2v) is 7.64. The molecule has 0 radical (unpaired) electrons. The molecule has 1 saturated heterocycles. The SMILES string of the molecule is CN(C)C(=O)CN=C(NCCCC1CCCCC1)NCC1CCOC1.I. The summed E-state index contributed by atoms with van der Waals surface area (Å²) in [4.78, 5) is 17.8. The van der Waals surface area contributed by atoms with Crippen LogP contribution >= 0.6 is 24.0 Å². The normalized spacial score (nSPS) is 21.2. The first kappa shape index (κ1) is 23.5. The third kappa shape index (κ3) is 9.39. The maximum absolute atomic E-state index is 11.8. The van der Waals surface area contributed by atoms with Gasteiger partial charge in [-0.25, -0.2) is 4.99 Å². The van der Waals surface area contributed by atoms with E-state index in [4.69, 9.17) is 4.74 Å². The number of hydrogen-bond acceptors (Lipinski definition) is 3. The van der Waals surface area contributed by atoms with E-state index in [1.807, 2.05) is 0 Å². The largest absolute Gasteiger partial charge is 0.381 e. The molecule has 0 aromatic rings. The van der Waals surface area contributed by atoms with Gasteiger partial charge in [-0.15, -0.1) is 24.0 Å². The maximum atomic E-state index is 11.8. The Balaban J connectivity index is 0.00000338. The molecule has 2 rings (SSSR count). The zero-order chi connectivity index (χ0) is 17.9. The Kier molecular flexibility index (Phi) is 12.3. The molecule has 1 heterocycles. The molecule has 0 aromatic carbocycles. The minimum absolute atomic E-state index is 0. The Bertz CT molecular complexity index is 420. The first-order valence-electron chi connectivity index (χ1n) is 9.95. The van der Waals surface area contributed by atoms with Crippen molar-refractivity contribution in [3.63, 3.8) is 0 Å². The van der Waals surface area contributed by atoms with Crippen LogP contribution in [-0.2, 0) is 9.53 Å². The molecule has 1 aliphatic heterocycles. The van der Waals surface area contributed by atoms with E-state index in [0.717, 1.165) is 44.6 Å². The molecular formula is C19H37IN4O2. The second kappa shape index (κ2) is 13.6. The molecule has 152 valence electrons. The van der Waals surface area contributed by atoms with Crippen LogP contribution in [0.5, 0.6) is 0 Å². The van der Waals surface area contributed by atoms with Gasteiger partial charge in [0.1, 0.15) is 6.54 Å². The summed E-state index contributed by atoms with van der Waals surface area (Å²) in [6.45, 7) is 3.63. The van der Waals surface area contributed by atoms with Gasteiger partial charge in [0.2, 0.25) is 5.91 Å². The molecule has 0 bridgehead atoms. The van der Waals surface area contributed by atoms with Crippen LogP contribution in [0.25, 0.3) is 0 Å². The topological polar surface area (TPSA) is 66.0 Å². The fraction of sp³-hybridized carbons (Fsp3) is 0.895. The predicted octanol–water partition coefficient (Wildman–Crippen LogP) is 2.62. The number of carbonyl (C=O) groups excluding carboxylic acids is 1. The summed E-state index contributed by atoms with van der Waals surface area (Å²) in [6, 6.07) is 0. The monoisotopic (exact) mass is 480 g/mol. The highest BCUT2D eigenvalue weighted by Crippen LogP contribution is 2.26. The summed E-state index contributed by atoms with van der Waals surface area (Å²) in [6.07, 6.45) is 10.6. The molecule has 1 amide bonds. The Morgan fingerprint density at radius 2 is 1.88 bits per heavy atom. The van der Waals surface area contributed by atoms with Crippen molar-refractivity contribution in [1.82, 2.24) is 15.5 Å². The summed E-state index contributed by atoms with van der Waals surface area (Å²) < 4.78 is 5.42. The highest BCUT2D eigenvalue weighted by atomic mass is 127. The van der Waals surface area contributed by atoms with Crippen molar-refractivity contribution in [2.45, 2.75) is 51.4 Å². The lowest BCUT2D eigenvalue weighted by Gasteiger charge is -2.21. The molecule has 26 heavy (non-hydrogen) atoms. The number of carbonyl (C=O) groups is 1. The zero-order valence-electron chi connectivity index (χ0n) is 16.5. The number of amides is 1. The Labute approximate surface area is 175 Å². The number of guanidine groups is 1. The van der Waals surface area contributed by atoms with Crippen molar-refractivity contribution >= 4 is 35.8 Å². The highest BCUT2D eigenvalue weighted by Gasteiger charge is 2.16. The fourth-order valence-corrected chi connectivity index (χ4v) is 3.52. The van der Waals surface area contributed by atoms with E-state index in [1.54, 1.807) is 19.0 Å². The molecule has 1 saturated carbocycles. The van der Waals surface area contributed by atoms with Gasteiger partial charge in [-0.05, 0) is 25.2 Å². The van der Waals surface area contributed by atoms with Crippen LogP contribution < -0.4 is 10.6 Å². The van der Waals surface area contributed by atoms with Crippen LogP contribution in [0.3, 0.4) is 0 Å². The van der Waals surface area contributed by atoms with E-state index < -0.39 is 0 Å². The molecule has 2 fully saturated rings. The predicted molar refractivity (Wildman–Crippen MR) is 117 cm³/mol. The summed E-state index contributed by atoms with van der Waals surface area (Å²) in [5.74, 6) is 2.23. The van der Waals surface area contributed by atoms with Gasteiger partial charge in [0.15, 0.2) is 5.96 Å². The first-order valence-corrected chi connectivity index (χ1v) is 9.95. The van der Waals surface area contributed by atoms with E-state index in [9.17, 15) is 4.79 Å². The number of hydrogen-bond donors (Lipinski definition) is 2. The standard InChI is InChI=1S/C19H36N4O2.HI/c1-23(2)18(24)14-22-19(21-13-17-10-12-25-15-17)20-11-6-9-16-7-4-3-5-8-16;/h16-17H,3-15H2,1-2H3,(H2,20,21,22);1H. The zero-order valence-corrected chi connectivity index (χ0v) is 18.8. The van der Waals surface area contributed by atoms with Crippen LogP contribution in [0.15, 0.2) is 4.99 Å². The lowest BCUT2D eigenvalue weighted by Crippen LogP contribution is -2.41. The Morgan fingerprint density at radius 3 is 2.54 bits per heavy atom. The molecular weight excluding hydrogens is 443 g/mol. The van der Waals surface area contributed by atoms with E-state index >= 15 is 0 Å². The van der Waals surface area contributed by atoms with Crippen molar-refractivity contribution in [3.8, 4) is 0 Å². The molecule has 2 N–H and O–H groups in total. The van der Waals surface area contributed by atoms with Crippen LogP contribution in [0.4, 0.5) is 0 Å². The number of halogens is 1. The lowest BCUT2D eigenvalue weighted by atomic mass is 9.86. The van der Waals surface area contributed by atoms with Crippen LogP contribution in [0, 0.1) is 11.8 Å². The van der Waals surface area contributed by atoms with Crippen molar-refractivity contribution in [2.24, 2.45) is 16.8 Å². The Morgan fingerprint density at radius 1 is 1.12 bits per heavy atom. The van der Waals surface area contributed by atoms with Crippen molar-refractivity contribution in [3.05, 3.63) is 0 Å². The molecule has 0 aromatic heterocycles. The molecule has 1 atom stereocenters. The number of aliphatic imine (C=N–C) groups is 1. The average Bonchev–Trinajstić information content (AvgIpc) is 3.14. The van der Waals surface area contributed by atoms with E-state index in [1.165, 1.54) is 44.9 Å². The summed E-state index contributed by atoms with van der Waals surface area (Å²) >= 11 is 0. The number of ether oxygens (including phenoxy) is 1. The highest BCUT2D eigenvalue weighted by molar-refractivity contribution is 14.0. The van der Waals surface area contributed by atoms with Gasteiger partial charge in [0.05, 0.1) is 6.61 Å². The summed E-state index contributed by atoms with van der Waals surface area (Å²) in [5, 5.41) is 6.79. The van der Waals surface area contributed by atoms with E-state index in [2.05, 4.69) is 15.6 Å². The third-order valence-electron chi connectivity index (χ3n) is 5.26. The average molecular weight is 480 g/mol. The van der Waals surface area contributed by atoms with Crippen molar-refractivity contribution < 1.29 is 9.53 Å². The van der Waals surface area contributed by atoms with Gasteiger partial charge < -0.3 is 20.3 Å². The lowest BCUT2D eigenvalue weighted by molar-refractivity contribution is -0.127. The van der Waals surface area contributed by atoms with Crippen molar-refractivity contribution in [2.75, 3.05) is 46.9 Å². The van der Waals surface area contributed by atoms with Gasteiger partial charge in [-0.2, -0.15) is 0 Å². The van der Waals surface area contributed by atoms with E-state index in [0.29, 0.717) is 5.92 Å².